The molecule has 2 aliphatic heterocycles. The van der Waals surface area contributed by atoms with Crippen LogP contribution < -0.4 is 0 Å². The first-order chi connectivity index (χ1) is 11.4. The summed E-state index contributed by atoms with van der Waals surface area (Å²) in [4.78, 5) is 5.10. The lowest BCUT2D eigenvalue weighted by Crippen LogP contribution is -2.46. The van der Waals surface area contributed by atoms with Crippen molar-refractivity contribution in [3.63, 3.8) is 0 Å². The molecule has 4 heterocycles. The molecule has 4 rings (SSSR count). The molecule has 2 aromatic rings. The third kappa shape index (κ3) is 3.46. The molecule has 0 saturated carbocycles. The average molecular weight is 316 g/mol. The fourth-order valence-corrected chi connectivity index (χ4v) is 3.56. The number of aromatic amines is 1. The summed E-state index contributed by atoms with van der Waals surface area (Å²) in [6.45, 7) is 7.77. The van der Waals surface area contributed by atoms with E-state index in [0.29, 0.717) is 6.04 Å². The lowest BCUT2D eigenvalue weighted by molar-refractivity contribution is 0.0197. The number of hydrogen-bond donors (Lipinski definition) is 1. The van der Waals surface area contributed by atoms with Crippen molar-refractivity contribution in [3.05, 3.63) is 35.9 Å². The standard InChI is InChI=1S/C16H24N6O/c1-3-19-22-4-2-15(12-20-5-7-23-8-6-20)21(13-16(1)22)11-14-9-17-18-10-14/h1,3,9-10,15H,2,4-8,11-13H2,(H,17,18)/t15-/m0/s1. The summed E-state index contributed by atoms with van der Waals surface area (Å²) in [5.74, 6) is 0. The molecule has 2 aliphatic rings. The maximum Gasteiger partial charge on any atom is 0.0594 e. The van der Waals surface area contributed by atoms with E-state index >= 15 is 0 Å². The van der Waals surface area contributed by atoms with Gasteiger partial charge in [-0.3, -0.25) is 19.6 Å². The van der Waals surface area contributed by atoms with E-state index in [1.807, 2.05) is 18.6 Å². The van der Waals surface area contributed by atoms with Gasteiger partial charge in [0.1, 0.15) is 0 Å². The summed E-state index contributed by atoms with van der Waals surface area (Å²) in [7, 11) is 0. The summed E-state index contributed by atoms with van der Waals surface area (Å²) in [6, 6.07) is 2.67. The molecule has 2 aromatic heterocycles. The van der Waals surface area contributed by atoms with Gasteiger partial charge in [0.05, 0.1) is 25.1 Å². The van der Waals surface area contributed by atoms with Gasteiger partial charge in [0, 0.05) is 63.3 Å². The van der Waals surface area contributed by atoms with E-state index in [1.165, 1.54) is 11.3 Å². The van der Waals surface area contributed by atoms with Crippen molar-refractivity contribution in [1.82, 2.24) is 29.8 Å². The van der Waals surface area contributed by atoms with E-state index < -0.39 is 0 Å². The van der Waals surface area contributed by atoms with Crippen molar-refractivity contribution in [3.8, 4) is 0 Å². The molecule has 0 bridgehead atoms. The summed E-state index contributed by atoms with van der Waals surface area (Å²) < 4.78 is 7.64. The number of aromatic nitrogens is 4. The zero-order valence-electron chi connectivity index (χ0n) is 13.4. The molecule has 0 aliphatic carbocycles. The summed E-state index contributed by atoms with van der Waals surface area (Å²) >= 11 is 0. The maximum absolute atomic E-state index is 5.48. The zero-order chi connectivity index (χ0) is 15.5. The molecule has 0 amide bonds. The molecule has 124 valence electrons. The topological polar surface area (TPSA) is 62.2 Å². The Morgan fingerprint density at radius 2 is 2.17 bits per heavy atom. The Labute approximate surface area is 136 Å². The van der Waals surface area contributed by atoms with E-state index in [4.69, 9.17) is 4.74 Å². The van der Waals surface area contributed by atoms with Crippen molar-refractivity contribution < 1.29 is 4.74 Å². The molecule has 0 radical (unpaired) electrons. The van der Waals surface area contributed by atoms with Crippen LogP contribution in [0.1, 0.15) is 17.7 Å². The van der Waals surface area contributed by atoms with E-state index in [2.05, 4.69) is 35.8 Å². The predicted octanol–water partition coefficient (Wildman–Crippen LogP) is 0.713. The monoisotopic (exact) mass is 316 g/mol. The molecular formula is C16H24N6O. The molecule has 0 spiro atoms. The molecule has 1 atom stereocenters. The van der Waals surface area contributed by atoms with Crippen LogP contribution in [-0.2, 0) is 24.4 Å². The number of hydrogen-bond acceptors (Lipinski definition) is 5. The third-order valence-corrected chi connectivity index (χ3v) is 4.87. The Morgan fingerprint density at radius 1 is 1.26 bits per heavy atom. The van der Waals surface area contributed by atoms with E-state index in [0.717, 1.165) is 58.9 Å². The van der Waals surface area contributed by atoms with Gasteiger partial charge >= 0.3 is 0 Å². The number of nitrogens with zero attached hydrogens (tertiary/aromatic N) is 5. The number of fused-ring (bicyclic) bond motifs is 1. The SMILES string of the molecule is c1cc2n(n1)CC[C@@H](CN1CCOCC1)N(Cc1cn[nH]c1)C2. The van der Waals surface area contributed by atoms with Gasteiger partial charge in [-0.05, 0) is 12.5 Å². The van der Waals surface area contributed by atoms with Crippen LogP contribution in [0, 0.1) is 0 Å². The normalized spacial score (nSPS) is 23.6. The van der Waals surface area contributed by atoms with Crippen LogP contribution >= 0.6 is 0 Å². The summed E-state index contributed by atoms with van der Waals surface area (Å²) in [5.41, 5.74) is 2.54. The fraction of sp³-hybridized carbons (Fsp3) is 0.625. The lowest BCUT2D eigenvalue weighted by atomic mass is 10.1. The minimum Gasteiger partial charge on any atom is -0.379 e. The van der Waals surface area contributed by atoms with E-state index in [1.54, 1.807) is 0 Å². The first-order valence-corrected chi connectivity index (χ1v) is 8.41. The molecule has 1 fully saturated rings. The lowest BCUT2D eigenvalue weighted by Gasteiger charge is -2.35. The Kier molecular flexibility index (Phi) is 4.41. The Hall–Kier alpha value is -1.70. The van der Waals surface area contributed by atoms with Gasteiger partial charge in [-0.2, -0.15) is 10.2 Å². The number of morpholine rings is 1. The first kappa shape index (κ1) is 14.9. The summed E-state index contributed by atoms with van der Waals surface area (Å²) in [5, 5.41) is 11.5. The quantitative estimate of drug-likeness (QED) is 0.900. The second kappa shape index (κ2) is 6.82. The van der Waals surface area contributed by atoms with E-state index in [-0.39, 0.29) is 0 Å². The smallest absolute Gasteiger partial charge is 0.0594 e. The van der Waals surface area contributed by atoms with Gasteiger partial charge in [0.2, 0.25) is 0 Å². The van der Waals surface area contributed by atoms with Crippen molar-refractivity contribution >= 4 is 0 Å². The van der Waals surface area contributed by atoms with Gasteiger partial charge in [0.15, 0.2) is 0 Å². The second-order valence-corrected chi connectivity index (χ2v) is 6.41. The Morgan fingerprint density at radius 3 is 3.00 bits per heavy atom. The number of ether oxygens (including phenoxy) is 1. The zero-order valence-corrected chi connectivity index (χ0v) is 13.4. The maximum atomic E-state index is 5.48. The minimum absolute atomic E-state index is 0.532. The highest BCUT2D eigenvalue weighted by Crippen LogP contribution is 2.20. The molecule has 0 unspecified atom stereocenters. The van der Waals surface area contributed by atoms with E-state index in [9.17, 15) is 0 Å². The molecule has 23 heavy (non-hydrogen) atoms. The van der Waals surface area contributed by atoms with Crippen molar-refractivity contribution in [2.75, 3.05) is 32.8 Å². The van der Waals surface area contributed by atoms with Gasteiger partial charge in [-0.1, -0.05) is 0 Å². The largest absolute Gasteiger partial charge is 0.379 e. The van der Waals surface area contributed by atoms with Crippen LogP contribution in [0.3, 0.4) is 0 Å². The number of rotatable bonds is 4. The molecule has 0 aromatic carbocycles. The van der Waals surface area contributed by atoms with Gasteiger partial charge < -0.3 is 4.74 Å². The highest BCUT2D eigenvalue weighted by atomic mass is 16.5. The second-order valence-electron chi connectivity index (χ2n) is 6.41. The molecular weight excluding hydrogens is 292 g/mol. The van der Waals surface area contributed by atoms with Gasteiger partial charge in [-0.25, -0.2) is 0 Å². The summed E-state index contributed by atoms with van der Waals surface area (Å²) in [6.07, 6.45) is 6.96. The third-order valence-electron chi connectivity index (χ3n) is 4.87. The van der Waals surface area contributed by atoms with Crippen LogP contribution in [0.15, 0.2) is 24.7 Å². The average Bonchev–Trinajstić information content (AvgIpc) is 3.21. The van der Waals surface area contributed by atoms with Crippen molar-refractivity contribution in [2.24, 2.45) is 0 Å². The molecule has 7 heteroatoms. The first-order valence-electron chi connectivity index (χ1n) is 8.41. The fourth-order valence-electron chi connectivity index (χ4n) is 3.56. The van der Waals surface area contributed by atoms with Crippen LogP contribution in [0.4, 0.5) is 0 Å². The molecule has 7 nitrogen and oxygen atoms in total. The van der Waals surface area contributed by atoms with Crippen LogP contribution in [0.2, 0.25) is 0 Å². The van der Waals surface area contributed by atoms with Crippen LogP contribution in [-0.4, -0.2) is 68.7 Å². The molecule has 1 N–H and O–H groups in total. The Bertz CT molecular complexity index is 604. The predicted molar refractivity (Wildman–Crippen MR) is 85.7 cm³/mol. The number of H-pyrrole nitrogens is 1. The van der Waals surface area contributed by atoms with Gasteiger partial charge in [0.25, 0.3) is 0 Å². The number of nitrogens with one attached hydrogen (secondary N) is 1. The van der Waals surface area contributed by atoms with Crippen LogP contribution in [0.5, 0.6) is 0 Å². The van der Waals surface area contributed by atoms with Crippen molar-refractivity contribution in [1.29, 1.82) is 0 Å². The van der Waals surface area contributed by atoms with Crippen molar-refractivity contribution in [2.45, 2.75) is 32.1 Å². The molecule has 1 saturated heterocycles. The highest BCUT2D eigenvalue weighted by molar-refractivity contribution is 5.07. The highest BCUT2D eigenvalue weighted by Gasteiger charge is 2.26. The van der Waals surface area contributed by atoms with Crippen LogP contribution in [0.25, 0.3) is 0 Å². The number of aryl methyl sites for hydroxylation is 1. The van der Waals surface area contributed by atoms with Gasteiger partial charge in [-0.15, -0.1) is 0 Å². The minimum atomic E-state index is 0.532. The Balaban J connectivity index is 1.50.